The van der Waals surface area contributed by atoms with Crippen molar-refractivity contribution in [2.45, 2.75) is 30.7 Å². The predicted molar refractivity (Wildman–Crippen MR) is 72.8 cm³/mol. The van der Waals surface area contributed by atoms with Gasteiger partial charge in [0.1, 0.15) is 30.7 Å². The van der Waals surface area contributed by atoms with Crippen molar-refractivity contribution in [3.63, 3.8) is 0 Å². The first-order valence-corrected chi connectivity index (χ1v) is 6.62. The SMILES string of the molecule is COc1cc(C=O)ccc1O[C@@H]1O[C@H](CO)[C@H](O)[C@H](O)[C@H]1O. The zero-order valence-electron chi connectivity index (χ0n) is 11.8. The maximum atomic E-state index is 10.7. The minimum Gasteiger partial charge on any atom is -0.493 e. The van der Waals surface area contributed by atoms with Gasteiger partial charge in [0.05, 0.1) is 13.7 Å². The van der Waals surface area contributed by atoms with Gasteiger partial charge in [-0.2, -0.15) is 0 Å². The lowest BCUT2D eigenvalue weighted by molar-refractivity contribution is -0.277. The molecule has 122 valence electrons. The smallest absolute Gasteiger partial charge is 0.229 e. The van der Waals surface area contributed by atoms with E-state index in [0.29, 0.717) is 11.8 Å². The van der Waals surface area contributed by atoms with E-state index in [9.17, 15) is 20.1 Å². The Kier molecular flexibility index (Phi) is 5.33. The van der Waals surface area contributed by atoms with E-state index in [1.807, 2.05) is 0 Å². The Morgan fingerprint density at radius 2 is 1.91 bits per heavy atom. The molecule has 1 aromatic carbocycles. The van der Waals surface area contributed by atoms with Crippen LogP contribution in [-0.2, 0) is 4.74 Å². The van der Waals surface area contributed by atoms with Crippen molar-refractivity contribution in [1.29, 1.82) is 0 Å². The second-order valence-electron chi connectivity index (χ2n) is 4.84. The molecular weight excluding hydrogens is 296 g/mol. The lowest BCUT2D eigenvalue weighted by Crippen LogP contribution is -2.60. The number of methoxy groups -OCH3 is 1. The van der Waals surface area contributed by atoms with Gasteiger partial charge in [-0.25, -0.2) is 0 Å². The van der Waals surface area contributed by atoms with Gasteiger partial charge in [-0.3, -0.25) is 4.79 Å². The van der Waals surface area contributed by atoms with Gasteiger partial charge in [0.25, 0.3) is 0 Å². The topological polar surface area (TPSA) is 126 Å². The largest absolute Gasteiger partial charge is 0.493 e. The molecule has 0 radical (unpaired) electrons. The van der Waals surface area contributed by atoms with Crippen molar-refractivity contribution >= 4 is 6.29 Å². The molecule has 1 aliphatic rings. The molecular formula is C14H18O8. The zero-order chi connectivity index (χ0) is 16.3. The van der Waals surface area contributed by atoms with E-state index >= 15 is 0 Å². The van der Waals surface area contributed by atoms with Crippen LogP contribution in [0.15, 0.2) is 18.2 Å². The van der Waals surface area contributed by atoms with Gasteiger partial charge >= 0.3 is 0 Å². The second kappa shape index (κ2) is 7.03. The molecule has 8 nitrogen and oxygen atoms in total. The highest BCUT2D eigenvalue weighted by Gasteiger charge is 2.44. The highest BCUT2D eigenvalue weighted by atomic mass is 16.7. The molecule has 0 unspecified atom stereocenters. The molecule has 0 aliphatic carbocycles. The molecule has 1 saturated heterocycles. The van der Waals surface area contributed by atoms with Crippen molar-refractivity contribution in [3.05, 3.63) is 23.8 Å². The van der Waals surface area contributed by atoms with Crippen LogP contribution >= 0.6 is 0 Å². The number of rotatable bonds is 5. The van der Waals surface area contributed by atoms with Crippen molar-refractivity contribution in [2.24, 2.45) is 0 Å². The number of benzene rings is 1. The Hall–Kier alpha value is -1.71. The normalized spacial score (nSPS) is 31.6. The van der Waals surface area contributed by atoms with Crippen LogP contribution in [0.5, 0.6) is 11.5 Å². The highest BCUT2D eigenvalue weighted by molar-refractivity contribution is 5.76. The first-order chi connectivity index (χ1) is 10.5. The Morgan fingerprint density at radius 1 is 1.18 bits per heavy atom. The van der Waals surface area contributed by atoms with E-state index in [2.05, 4.69) is 0 Å². The summed E-state index contributed by atoms with van der Waals surface area (Å²) in [7, 11) is 1.38. The summed E-state index contributed by atoms with van der Waals surface area (Å²) in [5.74, 6) is 0.416. The van der Waals surface area contributed by atoms with Crippen LogP contribution in [0.1, 0.15) is 10.4 Å². The fraction of sp³-hybridized carbons (Fsp3) is 0.500. The third kappa shape index (κ3) is 3.21. The number of carbonyl (C=O) groups is 1. The number of aliphatic hydroxyl groups is 4. The van der Waals surface area contributed by atoms with Crippen LogP contribution < -0.4 is 9.47 Å². The summed E-state index contributed by atoms with van der Waals surface area (Å²) >= 11 is 0. The van der Waals surface area contributed by atoms with Gasteiger partial charge in [0, 0.05) is 5.56 Å². The Bertz CT molecular complexity index is 518. The summed E-state index contributed by atoms with van der Waals surface area (Å²) in [6.45, 7) is -0.550. The van der Waals surface area contributed by atoms with Crippen molar-refractivity contribution < 1.29 is 39.4 Å². The molecule has 22 heavy (non-hydrogen) atoms. The summed E-state index contributed by atoms with van der Waals surface area (Å²) in [6, 6.07) is 4.37. The number of carbonyl (C=O) groups excluding carboxylic acids is 1. The molecule has 4 N–H and O–H groups in total. The first kappa shape index (κ1) is 16.7. The van der Waals surface area contributed by atoms with Crippen LogP contribution in [0.4, 0.5) is 0 Å². The molecule has 0 saturated carbocycles. The van der Waals surface area contributed by atoms with E-state index in [4.69, 9.17) is 19.3 Å². The molecule has 0 bridgehead atoms. The number of aldehydes is 1. The standard InChI is InChI=1S/C14H18O8/c1-20-9-4-7(5-15)2-3-8(9)21-14-13(19)12(18)11(17)10(6-16)22-14/h2-5,10-14,16-19H,6H2,1H3/t10-,11+,12+,13-,14-/m1/s1. The van der Waals surface area contributed by atoms with Crippen LogP contribution in [0.3, 0.4) is 0 Å². The Morgan fingerprint density at radius 3 is 2.50 bits per heavy atom. The number of ether oxygens (including phenoxy) is 3. The zero-order valence-corrected chi connectivity index (χ0v) is 11.8. The summed E-state index contributed by atoms with van der Waals surface area (Å²) in [6.07, 6.45) is -6.25. The van der Waals surface area contributed by atoms with Gasteiger partial charge in [-0.15, -0.1) is 0 Å². The average molecular weight is 314 g/mol. The third-order valence-electron chi connectivity index (χ3n) is 3.42. The fourth-order valence-corrected chi connectivity index (χ4v) is 2.14. The molecule has 1 aromatic rings. The van der Waals surface area contributed by atoms with E-state index in [1.165, 1.54) is 25.3 Å². The lowest BCUT2D eigenvalue weighted by Gasteiger charge is -2.39. The Labute approximate surface area is 126 Å². The minimum absolute atomic E-state index is 0.178. The third-order valence-corrected chi connectivity index (χ3v) is 3.42. The quantitative estimate of drug-likeness (QED) is 0.493. The summed E-state index contributed by atoms with van der Waals surface area (Å²) in [5.41, 5.74) is 0.373. The van der Waals surface area contributed by atoms with Gasteiger partial charge in [-0.05, 0) is 18.2 Å². The summed E-state index contributed by atoms with van der Waals surface area (Å²) in [4.78, 5) is 10.7. The lowest BCUT2D eigenvalue weighted by atomic mass is 9.99. The van der Waals surface area contributed by atoms with Gasteiger partial charge in [0.15, 0.2) is 11.5 Å². The molecule has 1 heterocycles. The van der Waals surface area contributed by atoms with Crippen LogP contribution in [0.2, 0.25) is 0 Å². The predicted octanol–water partition coefficient (Wildman–Crippen LogP) is -1.31. The number of hydrogen-bond donors (Lipinski definition) is 4. The van der Waals surface area contributed by atoms with E-state index in [-0.39, 0.29) is 11.5 Å². The number of hydrogen-bond acceptors (Lipinski definition) is 8. The van der Waals surface area contributed by atoms with Crippen molar-refractivity contribution in [2.75, 3.05) is 13.7 Å². The minimum atomic E-state index is -1.53. The maximum absolute atomic E-state index is 10.7. The van der Waals surface area contributed by atoms with Crippen molar-refractivity contribution in [1.82, 2.24) is 0 Å². The van der Waals surface area contributed by atoms with Gasteiger partial charge < -0.3 is 34.6 Å². The van der Waals surface area contributed by atoms with Crippen LogP contribution in [-0.4, -0.2) is 71.1 Å². The van der Waals surface area contributed by atoms with Gasteiger partial charge in [0.2, 0.25) is 6.29 Å². The van der Waals surface area contributed by atoms with E-state index < -0.39 is 37.3 Å². The average Bonchev–Trinajstić information content (AvgIpc) is 2.55. The highest BCUT2D eigenvalue weighted by Crippen LogP contribution is 2.31. The van der Waals surface area contributed by atoms with E-state index in [1.54, 1.807) is 0 Å². The van der Waals surface area contributed by atoms with Crippen LogP contribution in [0.25, 0.3) is 0 Å². The molecule has 0 aromatic heterocycles. The molecule has 1 aliphatic heterocycles. The molecule has 5 atom stereocenters. The molecule has 2 rings (SSSR count). The Balaban J connectivity index is 2.20. The summed E-state index contributed by atoms with van der Waals surface area (Å²) in [5, 5.41) is 38.4. The summed E-state index contributed by atoms with van der Waals surface area (Å²) < 4.78 is 15.8. The fourth-order valence-electron chi connectivity index (χ4n) is 2.14. The molecule has 0 amide bonds. The maximum Gasteiger partial charge on any atom is 0.229 e. The van der Waals surface area contributed by atoms with Gasteiger partial charge in [-0.1, -0.05) is 0 Å². The second-order valence-corrected chi connectivity index (χ2v) is 4.84. The first-order valence-electron chi connectivity index (χ1n) is 6.62. The van der Waals surface area contributed by atoms with Crippen molar-refractivity contribution in [3.8, 4) is 11.5 Å². The number of aliphatic hydroxyl groups excluding tert-OH is 4. The molecule has 8 heteroatoms. The van der Waals surface area contributed by atoms with Crippen LogP contribution in [0, 0.1) is 0 Å². The molecule has 0 spiro atoms. The monoisotopic (exact) mass is 314 g/mol. The van der Waals surface area contributed by atoms with E-state index in [0.717, 1.165) is 0 Å². The molecule has 1 fully saturated rings.